The minimum atomic E-state index is -1.81. The van der Waals surface area contributed by atoms with Gasteiger partial charge in [0, 0.05) is 0 Å². The van der Waals surface area contributed by atoms with Crippen LogP contribution in [-0.2, 0) is 10.4 Å². The van der Waals surface area contributed by atoms with Gasteiger partial charge in [0.05, 0.1) is 6.04 Å². The maximum absolute atomic E-state index is 13.4. The van der Waals surface area contributed by atoms with Crippen molar-refractivity contribution in [3.63, 3.8) is 0 Å². The molecule has 0 aliphatic carbocycles. The van der Waals surface area contributed by atoms with Crippen molar-refractivity contribution >= 4 is 5.91 Å². The molecule has 0 bridgehead atoms. The SMILES string of the molecule is CC[C@H](NNC(=O)C(O)(c1cccc(C)c1)c1cccc(C)c1)c1cccc(C)c1. The van der Waals surface area contributed by atoms with E-state index in [9.17, 15) is 9.90 Å². The molecule has 0 saturated heterocycles. The predicted octanol–water partition coefficient (Wildman–Crippen LogP) is 4.62. The van der Waals surface area contributed by atoms with Crippen molar-refractivity contribution in [1.29, 1.82) is 0 Å². The summed E-state index contributed by atoms with van der Waals surface area (Å²) in [5.41, 5.74) is 9.39. The molecule has 3 aromatic rings. The number of hydrogen-bond donors (Lipinski definition) is 3. The molecule has 156 valence electrons. The molecule has 0 radical (unpaired) electrons. The molecule has 30 heavy (non-hydrogen) atoms. The molecule has 4 heteroatoms. The molecule has 0 heterocycles. The molecule has 0 aliphatic rings. The maximum Gasteiger partial charge on any atom is 0.275 e. The van der Waals surface area contributed by atoms with Gasteiger partial charge in [0.1, 0.15) is 0 Å². The first-order valence-corrected chi connectivity index (χ1v) is 10.3. The van der Waals surface area contributed by atoms with Crippen molar-refractivity contribution in [2.24, 2.45) is 0 Å². The van der Waals surface area contributed by atoms with Gasteiger partial charge in [-0.15, -0.1) is 0 Å². The van der Waals surface area contributed by atoms with Crippen LogP contribution >= 0.6 is 0 Å². The lowest BCUT2D eigenvalue weighted by Crippen LogP contribution is -2.51. The van der Waals surface area contributed by atoms with E-state index in [1.807, 2.05) is 75.4 Å². The van der Waals surface area contributed by atoms with Crippen LogP contribution in [0.15, 0.2) is 72.8 Å². The van der Waals surface area contributed by atoms with Crippen molar-refractivity contribution in [3.05, 3.63) is 106 Å². The molecule has 1 amide bonds. The Hall–Kier alpha value is -2.95. The van der Waals surface area contributed by atoms with E-state index in [0.717, 1.165) is 28.7 Å². The van der Waals surface area contributed by atoms with Crippen LogP contribution in [0.4, 0.5) is 0 Å². The second-order valence-electron chi connectivity index (χ2n) is 7.92. The minimum Gasteiger partial charge on any atom is -0.372 e. The first-order chi connectivity index (χ1) is 14.3. The van der Waals surface area contributed by atoms with E-state index in [1.54, 1.807) is 12.1 Å². The van der Waals surface area contributed by atoms with E-state index in [1.165, 1.54) is 0 Å². The highest BCUT2D eigenvalue weighted by molar-refractivity contribution is 5.89. The van der Waals surface area contributed by atoms with Gasteiger partial charge in [-0.25, -0.2) is 5.43 Å². The van der Waals surface area contributed by atoms with Gasteiger partial charge in [-0.1, -0.05) is 96.4 Å². The van der Waals surface area contributed by atoms with Gasteiger partial charge >= 0.3 is 0 Å². The monoisotopic (exact) mass is 402 g/mol. The normalized spacial score (nSPS) is 12.4. The Morgan fingerprint density at radius 3 is 1.83 bits per heavy atom. The lowest BCUT2D eigenvalue weighted by molar-refractivity contribution is -0.138. The molecule has 0 spiro atoms. The lowest BCUT2D eigenvalue weighted by atomic mass is 9.84. The number of benzene rings is 3. The summed E-state index contributed by atoms with van der Waals surface area (Å²) in [6.07, 6.45) is 0.789. The number of hydrogen-bond acceptors (Lipinski definition) is 3. The number of amides is 1. The first kappa shape index (κ1) is 21.8. The highest BCUT2D eigenvalue weighted by Gasteiger charge is 2.40. The van der Waals surface area contributed by atoms with E-state index in [4.69, 9.17) is 0 Å². The van der Waals surface area contributed by atoms with Crippen molar-refractivity contribution in [2.45, 2.75) is 45.8 Å². The molecule has 3 rings (SSSR count). The zero-order valence-electron chi connectivity index (χ0n) is 18.1. The third kappa shape index (κ3) is 4.61. The van der Waals surface area contributed by atoms with Gasteiger partial charge in [-0.2, -0.15) is 0 Å². The highest BCUT2D eigenvalue weighted by Crippen LogP contribution is 2.31. The first-order valence-electron chi connectivity index (χ1n) is 10.3. The van der Waals surface area contributed by atoms with Gasteiger partial charge in [-0.3, -0.25) is 10.2 Å². The molecule has 0 unspecified atom stereocenters. The molecule has 3 aromatic carbocycles. The Morgan fingerprint density at radius 1 is 0.867 bits per heavy atom. The van der Waals surface area contributed by atoms with Crippen molar-refractivity contribution < 1.29 is 9.90 Å². The number of carbonyl (C=O) groups excluding carboxylic acids is 1. The minimum absolute atomic E-state index is 0.0619. The van der Waals surface area contributed by atoms with Gasteiger partial charge in [0.15, 0.2) is 5.60 Å². The van der Waals surface area contributed by atoms with Gasteiger partial charge in [-0.05, 0) is 43.9 Å². The number of aliphatic hydroxyl groups is 1. The van der Waals surface area contributed by atoms with Crippen LogP contribution in [0.5, 0.6) is 0 Å². The molecular formula is C26H30N2O2. The fraction of sp³-hybridized carbons (Fsp3) is 0.269. The second-order valence-corrected chi connectivity index (χ2v) is 7.92. The van der Waals surface area contributed by atoms with Crippen LogP contribution in [-0.4, -0.2) is 11.0 Å². The summed E-state index contributed by atoms with van der Waals surface area (Å²) in [4.78, 5) is 13.4. The summed E-state index contributed by atoms with van der Waals surface area (Å²) in [6, 6.07) is 23.0. The largest absolute Gasteiger partial charge is 0.372 e. The van der Waals surface area contributed by atoms with E-state index >= 15 is 0 Å². The molecule has 0 fully saturated rings. The molecule has 3 N–H and O–H groups in total. The Balaban J connectivity index is 1.92. The average Bonchev–Trinajstić information content (AvgIpc) is 2.73. The average molecular weight is 403 g/mol. The van der Waals surface area contributed by atoms with Gasteiger partial charge in [0.25, 0.3) is 5.91 Å². The Kier molecular flexibility index (Phi) is 6.70. The van der Waals surface area contributed by atoms with Crippen LogP contribution in [0, 0.1) is 20.8 Å². The molecule has 0 aliphatic heterocycles. The summed E-state index contributed by atoms with van der Waals surface area (Å²) >= 11 is 0. The fourth-order valence-corrected chi connectivity index (χ4v) is 3.72. The van der Waals surface area contributed by atoms with E-state index in [-0.39, 0.29) is 6.04 Å². The van der Waals surface area contributed by atoms with Gasteiger partial charge < -0.3 is 5.11 Å². The van der Waals surface area contributed by atoms with E-state index in [2.05, 4.69) is 23.8 Å². The number of rotatable bonds is 7. The number of hydrazine groups is 1. The maximum atomic E-state index is 13.4. The van der Waals surface area contributed by atoms with Crippen molar-refractivity contribution in [2.75, 3.05) is 0 Å². The zero-order valence-corrected chi connectivity index (χ0v) is 18.1. The molecular weight excluding hydrogens is 372 g/mol. The third-order valence-corrected chi connectivity index (χ3v) is 5.41. The number of nitrogens with one attached hydrogen (secondary N) is 2. The predicted molar refractivity (Wildman–Crippen MR) is 121 cm³/mol. The molecule has 0 saturated carbocycles. The number of carbonyl (C=O) groups is 1. The van der Waals surface area contributed by atoms with Gasteiger partial charge in [0.2, 0.25) is 0 Å². The quantitative estimate of drug-likeness (QED) is 0.506. The lowest BCUT2D eigenvalue weighted by Gasteiger charge is -2.30. The van der Waals surface area contributed by atoms with E-state index < -0.39 is 11.5 Å². The third-order valence-electron chi connectivity index (χ3n) is 5.41. The van der Waals surface area contributed by atoms with E-state index in [0.29, 0.717) is 11.1 Å². The van der Waals surface area contributed by atoms with Crippen LogP contribution in [0.2, 0.25) is 0 Å². The van der Waals surface area contributed by atoms with Crippen molar-refractivity contribution in [1.82, 2.24) is 10.9 Å². The van der Waals surface area contributed by atoms with Crippen LogP contribution in [0.3, 0.4) is 0 Å². The summed E-state index contributed by atoms with van der Waals surface area (Å²) in [6.45, 7) is 7.99. The Morgan fingerprint density at radius 2 is 1.37 bits per heavy atom. The summed E-state index contributed by atoms with van der Waals surface area (Å²) in [5, 5.41) is 11.7. The Labute approximate surface area is 178 Å². The smallest absolute Gasteiger partial charge is 0.275 e. The molecule has 0 aromatic heterocycles. The standard InChI is InChI=1S/C26H30N2O2/c1-5-24(21-12-6-9-18(2)15-21)27-28-25(29)26(30,22-13-7-10-19(3)16-22)23-14-8-11-20(4)17-23/h6-17,24,27,30H,5H2,1-4H3,(H,28,29)/t24-/m0/s1. The summed E-state index contributed by atoms with van der Waals surface area (Å²) < 4.78 is 0. The fourth-order valence-electron chi connectivity index (χ4n) is 3.72. The second kappa shape index (κ2) is 9.24. The molecule has 1 atom stereocenters. The topological polar surface area (TPSA) is 61.4 Å². The van der Waals surface area contributed by atoms with Crippen LogP contribution in [0.25, 0.3) is 0 Å². The number of aryl methyl sites for hydroxylation is 3. The highest BCUT2D eigenvalue weighted by atomic mass is 16.3. The van der Waals surface area contributed by atoms with Crippen LogP contribution < -0.4 is 10.9 Å². The summed E-state index contributed by atoms with van der Waals surface area (Å²) in [5.74, 6) is -0.509. The van der Waals surface area contributed by atoms with Crippen molar-refractivity contribution in [3.8, 4) is 0 Å². The molecule has 4 nitrogen and oxygen atoms in total. The summed E-state index contributed by atoms with van der Waals surface area (Å²) in [7, 11) is 0. The zero-order chi connectivity index (χ0) is 21.7. The Bertz CT molecular complexity index is 983. The van der Waals surface area contributed by atoms with Crippen LogP contribution in [0.1, 0.15) is 52.8 Å².